The van der Waals surface area contributed by atoms with E-state index in [0.717, 1.165) is 0 Å². The van der Waals surface area contributed by atoms with Gasteiger partial charge in [-0.1, -0.05) is 15.9 Å². The number of nitrogens with zero attached hydrogens (tertiary/aromatic N) is 2. The lowest BCUT2D eigenvalue weighted by Gasteiger charge is -2.11. The molecular formula is C12H14Br2N4O2S. The first-order valence-corrected chi connectivity index (χ1v) is 9.18. The number of halogens is 2. The Bertz CT molecular complexity index is 694. The highest BCUT2D eigenvalue weighted by molar-refractivity contribution is 9.11. The number of anilines is 1. The minimum absolute atomic E-state index is 0.0600. The summed E-state index contributed by atoms with van der Waals surface area (Å²) in [7, 11) is -3.65. The van der Waals surface area contributed by atoms with Crippen LogP contribution < -0.4 is 10.5 Å². The summed E-state index contributed by atoms with van der Waals surface area (Å²) in [5.41, 5.74) is 5.99. The molecule has 1 aromatic carbocycles. The molecule has 0 atom stereocenters. The van der Waals surface area contributed by atoms with Gasteiger partial charge in [-0.3, -0.25) is 4.68 Å². The Morgan fingerprint density at radius 1 is 1.33 bits per heavy atom. The predicted molar refractivity (Wildman–Crippen MR) is 88.3 cm³/mol. The Hall–Kier alpha value is -0.900. The zero-order chi connectivity index (χ0) is 15.5. The second kappa shape index (κ2) is 6.91. The standard InChI is InChI=1S/C12H14Br2N4O2S/c13-9-7-10(14)12(11(15)8-9)21(19,20)17-4-2-6-18-5-1-3-16-18/h1,3,5,7-8,17H,2,4,6,15H2. The SMILES string of the molecule is Nc1cc(Br)cc(Br)c1S(=O)(=O)NCCCn1cccn1. The second-order valence-electron chi connectivity index (χ2n) is 4.33. The van der Waals surface area contributed by atoms with Crippen LogP contribution >= 0.6 is 31.9 Å². The molecular weight excluding hydrogens is 424 g/mol. The van der Waals surface area contributed by atoms with Gasteiger partial charge in [0, 0.05) is 34.4 Å². The van der Waals surface area contributed by atoms with E-state index in [0.29, 0.717) is 28.5 Å². The van der Waals surface area contributed by atoms with E-state index < -0.39 is 10.0 Å². The monoisotopic (exact) mass is 436 g/mol. The van der Waals surface area contributed by atoms with Crippen molar-refractivity contribution in [2.24, 2.45) is 0 Å². The van der Waals surface area contributed by atoms with Crippen molar-refractivity contribution in [1.82, 2.24) is 14.5 Å². The largest absolute Gasteiger partial charge is 0.398 e. The van der Waals surface area contributed by atoms with Crippen LogP contribution in [0.5, 0.6) is 0 Å². The van der Waals surface area contributed by atoms with Crippen molar-refractivity contribution in [2.75, 3.05) is 12.3 Å². The number of hydrogen-bond acceptors (Lipinski definition) is 4. The maximum absolute atomic E-state index is 12.3. The van der Waals surface area contributed by atoms with Crippen LogP contribution in [0.3, 0.4) is 0 Å². The number of rotatable bonds is 6. The molecule has 0 aliphatic rings. The van der Waals surface area contributed by atoms with Gasteiger partial charge in [0.2, 0.25) is 10.0 Å². The van der Waals surface area contributed by atoms with Crippen molar-refractivity contribution in [2.45, 2.75) is 17.9 Å². The van der Waals surface area contributed by atoms with Crippen molar-refractivity contribution < 1.29 is 8.42 Å². The molecule has 9 heteroatoms. The van der Waals surface area contributed by atoms with E-state index in [-0.39, 0.29) is 10.6 Å². The highest BCUT2D eigenvalue weighted by Crippen LogP contribution is 2.31. The number of nitrogens with one attached hydrogen (secondary N) is 1. The number of nitrogens with two attached hydrogens (primary N) is 1. The Balaban J connectivity index is 2.02. The molecule has 21 heavy (non-hydrogen) atoms. The normalized spacial score (nSPS) is 11.7. The number of hydrogen-bond donors (Lipinski definition) is 2. The smallest absolute Gasteiger partial charge is 0.243 e. The Morgan fingerprint density at radius 2 is 2.10 bits per heavy atom. The van der Waals surface area contributed by atoms with E-state index in [1.54, 1.807) is 23.0 Å². The van der Waals surface area contributed by atoms with Crippen molar-refractivity contribution in [3.63, 3.8) is 0 Å². The zero-order valence-corrected chi connectivity index (χ0v) is 14.9. The van der Waals surface area contributed by atoms with Crippen LogP contribution in [0.2, 0.25) is 0 Å². The molecule has 0 unspecified atom stereocenters. The van der Waals surface area contributed by atoms with Crippen molar-refractivity contribution in [3.05, 3.63) is 39.5 Å². The fourth-order valence-electron chi connectivity index (χ4n) is 1.82. The van der Waals surface area contributed by atoms with Crippen molar-refractivity contribution >= 4 is 47.6 Å². The van der Waals surface area contributed by atoms with E-state index >= 15 is 0 Å². The summed E-state index contributed by atoms with van der Waals surface area (Å²) < 4.78 is 30.0. The first-order chi connectivity index (χ1) is 9.90. The summed E-state index contributed by atoms with van der Waals surface area (Å²) in [5.74, 6) is 0. The van der Waals surface area contributed by atoms with E-state index in [1.807, 2.05) is 12.3 Å². The molecule has 0 saturated heterocycles. The summed E-state index contributed by atoms with van der Waals surface area (Å²) in [4.78, 5) is 0.0600. The van der Waals surface area contributed by atoms with Gasteiger partial charge in [0.05, 0.1) is 5.69 Å². The summed E-state index contributed by atoms with van der Waals surface area (Å²) in [6.07, 6.45) is 4.15. The third-order valence-corrected chi connectivity index (χ3v) is 5.64. The highest BCUT2D eigenvalue weighted by Gasteiger charge is 2.21. The first-order valence-electron chi connectivity index (χ1n) is 6.12. The third kappa shape index (κ3) is 4.29. The summed E-state index contributed by atoms with van der Waals surface area (Å²) in [6, 6.07) is 5.03. The maximum Gasteiger partial charge on any atom is 0.243 e. The summed E-state index contributed by atoms with van der Waals surface area (Å²) in [5, 5.41) is 4.05. The third-order valence-electron chi connectivity index (χ3n) is 2.72. The molecule has 0 aliphatic heterocycles. The second-order valence-corrected chi connectivity index (χ2v) is 7.80. The minimum Gasteiger partial charge on any atom is -0.398 e. The lowest BCUT2D eigenvalue weighted by molar-refractivity contribution is 0.553. The fourth-order valence-corrected chi connectivity index (χ4v) is 4.96. The molecule has 0 bridgehead atoms. The summed E-state index contributed by atoms with van der Waals surface area (Å²) >= 11 is 6.50. The molecule has 2 rings (SSSR count). The van der Waals surface area contributed by atoms with Crippen LogP contribution in [0.4, 0.5) is 5.69 Å². The Morgan fingerprint density at radius 3 is 2.71 bits per heavy atom. The number of aryl methyl sites for hydroxylation is 1. The maximum atomic E-state index is 12.3. The predicted octanol–water partition coefficient (Wildman–Crippen LogP) is 2.36. The quantitative estimate of drug-likeness (QED) is 0.536. The van der Waals surface area contributed by atoms with E-state index in [2.05, 4.69) is 41.7 Å². The first kappa shape index (κ1) is 16.5. The van der Waals surface area contributed by atoms with Gasteiger partial charge in [0.1, 0.15) is 4.90 Å². The van der Waals surface area contributed by atoms with E-state index in [9.17, 15) is 8.42 Å². The lowest BCUT2D eigenvalue weighted by Crippen LogP contribution is -2.26. The van der Waals surface area contributed by atoms with Gasteiger partial charge in [-0.2, -0.15) is 5.10 Å². The van der Waals surface area contributed by atoms with Crippen LogP contribution in [-0.2, 0) is 16.6 Å². The van der Waals surface area contributed by atoms with E-state index in [1.165, 1.54) is 0 Å². The molecule has 3 N–H and O–H groups in total. The topological polar surface area (TPSA) is 90.0 Å². The van der Waals surface area contributed by atoms with Crippen molar-refractivity contribution in [3.8, 4) is 0 Å². The molecule has 0 radical (unpaired) electrons. The fraction of sp³-hybridized carbons (Fsp3) is 0.250. The van der Waals surface area contributed by atoms with Gasteiger partial charge in [-0.15, -0.1) is 0 Å². The number of benzene rings is 1. The average Bonchev–Trinajstić information content (AvgIpc) is 2.86. The van der Waals surface area contributed by atoms with Crippen molar-refractivity contribution in [1.29, 1.82) is 0 Å². The molecule has 0 amide bonds. The molecule has 0 saturated carbocycles. The summed E-state index contributed by atoms with van der Waals surface area (Å²) in [6.45, 7) is 0.955. The van der Waals surface area contributed by atoms with Crippen LogP contribution in [-0.4, -0.2) is 24.7 Å². The average molecular weight is 438 g/mol. The van der Waals surface area contributed by atoms with Gasteiger partial charge < -0.3 is 5.73 Å². The highest BCUT2D eigenvalue weighted by atomic mass is 79.9. The van der Waals surface area contributed by atoms with E-state index in [4.69, 9.17) is 5.73 Å². The molecule has 114 valence electrons. The number of nitrogen functional groups attached to an aromatic ring is 1. The van der Waals surface area contributed by atoms with Gasteiger partial charge >= 0.3 is 0 Å². The van der Waals surface area contributed by atoms with Crippen LogP contribution in [0.25, 0.3) is 0 Å². The number of aromatic nitrogens is 2. The minimum atomic E-state index is -3.65. The number of sulfonamides is 1. The molecule has 2 aromatic rings. The van der Waals surface area contributed by atoms with Gasteiger partial charge in [0.25, 0.3) is 0 Å². The molecule has 6 nitrogen and oxygen atoms in total. The molecule has 0 aliphatic carbocycles. The van der Waals surface area contributed by atoms with Gasteiger partial charge in [-0.25, -0.2) is 13.1 Å². The lowest BCUT2D eigenvalue weighted by atomic mass is 10.3. The van der Waals surface area contributed by atoms with Gasteiger partial charge in [-0.05, 0) is 40.5 Å². The Labute approximate surface area is 140 Å². The van der Waals surface area contributed by atoms with Crippen LogP contribution in [0.1, 0.15) is 6.42 Å². The molecule has 0 fully saturated rings. The Kier molecular flexibility index (Phi) is 5.42. The molecule has 0 spiro atoms. The molecule has 1 heterocycles. The zero-order valence-electron chi connectivity index (χ0n) is 11.0. The van der Waals surface area contributed by atoms with Crippen LogP contribution in [0.15, 0.2) is 44.4 Å². The van der Waals surface area contributed by atoms with Crippen LogP contribution in [0, 0.1) is 0 Å². The molecule has 1 aromatic heterocycles. The van der Waals surface area contributed by atoms with Gasteiger partial charge in [0.15, 0.2) is 0 Å².